The van der Waals surface area contributed by atoms with Crippen LogP contribution in [0.25, 0.3) is 22.3 Å². The van der Waals surface area contributed by atoms with Gasteiger partial charge in [0.2, 0.25) is 0 Å². The molecule has 294 valence electrons. The molecule has 7 aromatic carbocycles. The van der Waals surface area contributed by atoms with E-state index in [4.69, 9.17) is 12.8 Å². The molecule has 0 saturated carbocycles. The van der Waals surface area contributed by atoms with Crippen molar-refractivity contribution in [3.63, 3.8) is 0 Å². The van der Waals surface area contributed by atoms with Gasteiger partial charge in [0.05, 0.1) is 5.31 Å². The summed E-state index contributed by atoms with van der Waals surface area (Å²) < 4.78 is 0. The van der Waals surface area contributed by atoms with Crippen LogP contribution in [0.5, 0.6) is 0 Å². The number of rotatable bonds is 6. The molecule has 0 nitrogen and oxygen atoms in total. The molecule has 3 aliphatic rings. The molecule has 59 heavy (non-hydrogen) atoms. The third-order valence-corrected chi connectivity index (χ3v) is 17.9. The van der Waals surface area contributed by atoms with Crippen molar-refractivity contribution >= 4 is 31.8 Å². The van der Waals surface area contributed by atoms with E-state index in [1.807, 2.05) is 24.3 Å². The van der Waals surface area contributed by atoms with E-state index < -0.39 is 15.8 Å². The normalized spacial score (nSPS) is 12.7. The molecule has 0 heterocycles. The Morgan fingerprint density at radius 2 is 0.847 bits per heavy atom. The maximum atomic E-state index is 7.14. The van der Waals surface area contributed by atoms with Gasteiger partial charge in [-0.25, -0.2) is 0 Å². The summed E-state index contributed by atoms with van der Waals surface area (Å²) in [6, 6.07) is 62.7. The Balaban J connectivity index is 0.000000156. The largest absolute Gasteiger partial charge is 1.00 e. The van der Waals surface area contributed by atoms with Crippen LogP contribution in [0, 0.1) is 24.7 Å². The molecule has 0 saturated heterocycles. The summed E-state index contributed by atoms with van der Waals surface area (Å²) in [5, 5.41) is 6.17. The molecule has 0 radical (unpaired) electrons. The standard InChI is InChI=1S/C25H24P2.2C15H9.Ag.Au/c1-5-13-22(14-6-1)26(23-15-7-2-8-16-23)21-27(24-17-9-3-10-18-24)25-19-11-4-12-20-25;2*1-2-11-7-8-13-10-12-5-3-4-6-14(12)15(13)9-11;;/h1-3,5-11,13-20H,4,12,21H2;2*3-9H,10H2;;/q;2*-1;2*+1/p+2. The summed E-state index contributed by atoms with van der Waals surface area (Å²) >= 11 is 0. The first kappa shape index (κ1) is 44.0. The Morgan fingerprint density at radius 3 is 1.27 bits per heavy atom. The average Bonchev–Trinajstić information content (AvgIpc) is 3.86. The van der Waals surface area contributed by atoms with Gasteiger partial charge in [0.1, 0.15) is 31.8 Å². The molecule has 0 aliphatic heterocycles. The van der Waals surface area contributed by atoms with Crippen LogP contribution in [0.15, 0.2) is 199 Å². The third kappa shape index (κ3) is 10.6. The van der Waals surface area contributed by atoms with Crippen molar-refractivity contribution in [2.45, 2.75) is 25.7 Å². The molecule has 4 heteroatoms. The van der Waals surface area contributed by atoms with Gasteiger partial charge >= 0.3 is 44.8 Å². The van der Waals surface area contributed by atoms with Crippen LogP contribution < -0.4 is 15.9 Å². The van der Waals surface area contributed by atoms with Crippen molar-refractivity contribution in [2.75, 3.05) is 5.90 Å². The molecule has 0 fully saturated rings. The minimum atomic E-state index is -0.823. The zero-order valence-electron chi connectivity index (χ0n) is 32.6. The van der Waals surface area contributed by atoms with E-state index in [1.54, 1.807) is 5.31 Å². The average molecular weight is 1070 g/mol. The van der Waals surface area contributed by atoms with Gasteiger partial charge in [-0.15, -0.1) is 35.4 Å². The summed E-state index contributed by atoms with van der Waals surface area (Å²) in [5.74, 6) is 6.16. The molecule has 0 amide bonds. The van der Waals surface area contributed by atoms with Crippen LogP contribution in [0.4, 0.5) is 0 Å². The fraction of sp³-hybridized carbons (Fsp3) is 0.0909. The van der Waals surface area contributed by atoms with Crippen LogP contribution in [-0.2, 0) is 57.6 Å². The van der Waals surface area contributed by atoms with Crippen LogP contribution in [-0.4, -0.2) is 5.90 Å². The van der Waals surface area contributed by atoms with E-state index in [0.717, 1.165) is 24.0 Å². The molecule has 0 spiro atoms. The monoisotopic (exact) mass is 1070 g/mol. The van der Waals surface area contributed by atoms with E-state index in [0.29, 0.717) is 0 Å². The summed E-state index contributed by atoms with van der Waals surface area (Å²) in [5.41, 5.74) is 12.3. The van der Waals surface area contributed by atoms with Crippen molar-refractivity contribution in [1.29, 1.82) is 0 Å². The Kier molecular flexibility index (Phi) is 16.2. The summed E-state index contributed by atoms with van der Waals surface area (Å²) in [6.45, 7) is 0. The summed E-state index contributed by atoms with van der Waals surface area (Å²) in [7, 11) is -1.62. The maximum absolute atomic E-state index is 7.14. The predicted molar refractivity (Wildman–Crippen MR) is 248 cm³/mol. The zero-order valence-corrected chi connectivity index (χ0v) is 38.3. The van der Waals surface area contributed by atoms with Crippen molar-refractivity contribution in [2.24, 2.45) is 0 Å². The van der Waals surface area contributed by atoms with Crippen LogP contribution >= 0.6 is 15.8 Å². The second-order valence-corrected chi connectivity index (χ2v) is 20.2. The first-order valence-corrected chi connectivity index (χ1v) is 23.1. The van der Waals surface area contributed by atoms with Crippen LogP contribution in [0.3, 0.4) is 0 Å². The number of benzene rings is 7. The van der Waals surface area contributed by atoms with E-state index in [-0.39, 0.29) is 44.8 Å². The predicted octanol–water partition coefficient (Wildman–Crippen LogP) is 12.0. The number of fused-ring (bicyclic) bond motifs is 6. The maximum Gasteiger partial charge on any atom is 1.00 e. The molecule has 1 unspecified atom stereocenters. The molecule has 0 N–H and O–H groups in total. The van der Waals surface area contributed by atoms with E-state index in [2.05, 4.69) is 182 Å². The van der Waals surface area contributed by atoms with Crippen molar-refractivity contribution in [1.82, 2.24) is 0 Å². The van der Waals surface area contributed by atoms with Crippen molar-refractivity contribution < 1.29 is 44.8 Å². The molecule has 3 aliphatic carbocycles. The van der Waals surface area contributed by atoms with Crippen LogP contribution in [0.2, 0.25) is 0 Å². The number of hydrogen-bond donors (Lipinski definition) is 0. The summed E-state index contributed by atoms with van der Waals surface area (Å²) in [6.07, 6.45) is 25.9. The van der Waals surface area contributed by atoms with E-state index in [1.165, 1.54) is 79.2 Å². The van der Waals surface area contributed by atoms with Gasteiger partial charge in [-0.2, -0.15) is 0 Å². The van der Waals surface area contributed by atoms with E-state index in [9.17, 15) is 0 Å². The van der Waals surface area contributed by atoms with Crippen molar-refractivity contribution in [3.8, 4) is 34.1 Å². The van der Waals surface area contributed by atoms with E-state index >= 15 is 0 Å². The third-order valence-electron chi connectivity index (χ3n) is 10.9. The number of allylic oxidation sites excluding steroid dienone is 4. The van der Waals surface area contributed by atoms with Gasteiger partial charge < -0.3 is 12.8 Å². The first-order valence-electron chi connectivity index (χ1n) is 19.7. The molecule has 1 atom stereocenters. The smallest absolute Gasteiger partial charge is 0.366 e. The fourth-order valence-corrected chi connectivity index (χ4v) is 15.9. The molecule has 10 rings (SSSR count). The molecular weight excluding hydrogens is 1030 g/mol. The topological polar surface area (TPSA) is 0 Å². The second-order valence-electron chi connectivity index (χ2n) is 14.5. The number of hydrogen-bond acceptors (Lipinski definition) is 0. The molecule has 0 bridgehead atoms. The zero-order chi connectivity index (χ0) is 38.8. The Morgan fingerprint density at radius 1 is 0.441 bits per heavy atom. The van der Waals surface area contributed by atoms with Gasteiger partial charge in [-0.3, -0.25) is 11.8 Å². The SMILES string of the molecule is C1=CC([PH+](C[PH+](c2ccccc2)c2ccccc2)c2ccccc2)=CCC1.[Ag+].[Au+].[C-]#Cc1ccc2c(c1)-c1ccccc1C2.[C-]#Cc1ccc2c(c1)-c1ccccc1C2. The molecule has 7 aromatic rings. The Bertz CT molecular complexity index is 2490. The van der Waals surface area contributed by atoms with Crippen LogP contribution in [0.1, 0.15) is 46.2 Å². The fourth-order valence-electron chi connectivity index (χ4n) is 8.08. The molecular formula is C55H44AgAuP2+2. The van der Waals surface area contributed by atoms with Gasteiger partial charge in [0.25, 0.3) is 0 Å². The van der Waals surface area contributed by atoms with Crippen molar-refractivity contribution in [3.05, 3.63) is 246 Å². The minimum Gasteiger partial charge on any atom is -0.366 e. The first-order chi connectivity index (χ1) is 28.2. The Hall–Kier alpha value is -4.52. The second kappa shape index (κ2) is 21.7. The quantitative estimate of drug-likeness (QED) is 0.0674. The van der Waals surface area contributed by atoms with Gasteiger partial charge in [-0.1, -0.05) is 121 Å². The van der Waals surface area contributed by atoms with Gasteiger partial charge in [0.15, 0.2) is 5.90 Å². The summed E-state index contributed by atoms with van der Waals surface area (Å²) in [4.78, 5) is 0. The Labute approximate surface area is 384 Å². The molecule has 0 aromatic heterocycles. The minimum absolute atomic E-state index is 0. The van der Waals surface area contributed by atoms with Gasteiger partial charge in [0, 0.05) is 0 Å². The van der Waals surface area contributed by atoms with Gasteiger partial charge in [-0.05, 0) is 119 Å².